The van der Waals surface area contributed by atoms with Gasteiger partial charge in [0.1, 0.15) is 0 Å². The van der Waals surface area contributed by atoms with Gasteiger partial charge < -0.3 is 10.6 Å². The molecule has 0 radical (unpaired) electrons. The van der Waals surface area contributed by atoms with E-state index < -0.39 is 23.3 Å². The van der Waals surface area contributed by atoms with Crippen LogP contribution in [0.2, 0.25) is 0 Å². The number of hydrogen-bond donors (Lipinski definition) is 2. The summed E-state index contributed by atoms with van der Waals surface area (Å²) in [5.74, 6) is -3.53. The lowest BCUT2D eigenvalue weighted by molar-refractivity contribution is 0.0668. The maximum atomic E-state index is 13.5. The molecule has 2 N–H and O–H groups in total. The van der Waals surface area contributed by atoms with Gasteiger partial charge >= 0.3 is 6.03 Å². The van der Waals surface area contributed by atoms with Crippen molar-refractivity contribution in [2.24, 2.45) is 11.3 Å². The van der Waals surface area contributed by atoms with Gasteiger partial charge in [-0.1, -0.05) is 32.0 Å². The molecule has 1 aliphatic carbocycles. The number of para-hydroxylation sites is 1. The fourth-order valence-corrected chi connectivity index (χ4v) is 2.96. The predicted octanol–water partition coefficient (Wildman–Crippen LogP) is 3.27. The van der Waals surface area contributed by atoms with Crippen LogP contribution in [0.25, 0.3) is 5.69 Å². The van der Waals surface area contributed by atoms with Gasteiger partial charge in [-0.25, -0.2) is 18.3 Å². The zero-order chi connectivity index (χ0) is 18.2. The van der Waals surface area contributed by atoms with Crippen LogP contribution >= 0.6 is 0 Å². The molecule has 134 valence electrons. The highest BCUT2D eigenvalue weighted by atomic mass is 19.3. The molecule has 1 heterocycles. The summed E-state index contributed by atoms with van der Waals surface area (Å²) in [7, 11) is 0. The summed E-state index contributed by atoms with van der Waals surface area (Å²) in [4.78, 5) is 11.9. The zero-order valence-electron chi connectivity index (χ0n) is 14.5. The average Bonchev–Trinajstić information content (AvgIpc) is 2.84. The Kier molecular flexibility index (Phi) is 4.26. The van der Waals surface area contributed by atoms with Crippen LogP contribution in [0.1, 0.15) is 25.1 Å². The summed E-state index contributed by atoms with van der Waals surface area (Å²) >= 11 is 0. The molecule has 1 aliphatic rings. The summed E-state index contributed by atoms with van der Waals surface area (Å²) in [6.45, 7) is 5.14. The highest BCUT2D eigenvalue weighted by Crippen LogP contribution is 2.65. The molecule has 0 spiro atoms. The topological polar surface area (TPSA) is 59.0 Å². The van der Waals surface area contributed by atoms with E-state index in [1.165, 1.54) is 13.8 Å². The number of benzene rings is 1. The van der Waals surface area contributed by atoms with Gasteiger partial charge in [0, 0.05) is 30.3 Å². The van der Waals surface area contributed by atoms with E-state index in [1.807, 2.05) is 43.5 Å². The van der Waals surface area contributed by atoms with Gasteiger partial charge in [0.2, 0.25) is 0 Å². The number of carbonyl (C=O) groups is 1. The third-order valence-electron chi connectivity index (χ3n) is 5.01. The van der Waals surface area contributed by atoms with E-state index in [9.17, 15) is 13.6 Å². The van der Waals surface area contributed by atoms with E-state index in [0.29, 0.717) is 0 Å². The van der Waals surface area contributed by atoms with Gasteiger partial charge in [-0.15, -0.1) is 0 Å². The second-order valence-corrected chi connectivity index (χ2v) is 6.98. The zero-order valence-corrected chi connectivity index (χ0v) is 14.5. The molecule has 7 heteroatoms. The lowest BCUT2D eigenvalue weighted by Crippen LogP contribution is -2.37. The van der Waals surface area contributed by atoms with Crippen molar-refractivity contribution in [3.63, 3.8) is 0 Å². The SMILES string of the molecule is Cc1nn(-c2ccccc2)cc1CNC(=O)NCC1C(C)(C)C1(F)F. The van der Waals surface area contributed by atoms with Gasteiger partial charge in [-0.05, 0) is 19.1 Å². The fourth-order valence-electron chi connectivity index (χ4n) is 2.96. The Bertz CT molecular complexity index is 757. The van der Waals surface area contributed by atoms with E-state index in [2.05, 4.69) is 15.7 Å². The molecule has 2 amide bonds. The second kappa shape index (κ2) is 6.13. The van der Waals surface area contributed by atoms with E-state index >= 15 is 0 Å². The van der Waals surface area contributed by atoms with Gasteiger partial charge in [-0.2, -0.15) is 5.10 Å². The lowest BCUT2D eigenvalue weighted by Gasteiger charge is -2.07. The molecule has 25 heavy (non-hydrogen) atoms. The molecule has 1 fully saturated rings. The predicted molar refractivity (Wildman–Crippen MR) is 90.8 cm³/mol. The van der Waals surface area contributed by atoms with E-state index in [1.54, 1.807) is 4.68 Å². The lowest BCUT2D eigenvalue weighted by atomic mass is 10.1. The minimum Gasteiger partial charge on any atom is -0.338 e. The number of urea groups is 1. The van der Waals surface area contributed by atoms with Crippen molar-refractivity contribution < 1.29 is 13.6 Å². The first-order chi connectivity index (χ1) is 11.7. The fraction of sp³-hybridized carbons (Fsp3) is 0.444. The van der Waals surface area contributed by atoms with Gasteiger partial charge in [0.25, 0.3) is 5.92 Å². The van der Waals surface area contributed by atoms with Crippen LogP contribution < -0.4 is 10.6 Å². The summed E-state index contributed by atoms with van der Waals surface area (Å²) in [5, 5.41) is 9.65. The molecule has 0 bridgehead atoms. The van der Waals surface area contributed by atoms with E-state index in [0.717, 1.165) is 16.9 Å². The first-order valence-electron chi connectivity index (χ1n) is 8.23. The Morgan fingerprint density at radius 3 is 2.48 bits per heavy atom. The number of nitrogens with zero attached hydrogens (tertiary/aromatic N) is 2. The van der Waals surface area contributed by atoms with Crippen LogP contribution in [-0.2, 0) is 6.54 Å². The Morgan fingerprint density at radius 1 is 1.24 bits per heavy atom. The molecule has 3 rings (SSSR count). The van der Waals surface area contributed by atoms with Gasteiger partial charge in [-0.3, -0.25) is 0 Å². The summed E-state index contributed by atoms with van der Waals surface area (Å²) in [5.41, 5.74) is 1.56. The van der Waals surface area contributed by atoms with Crippen LogP contribution in [0, 0.1) is 18.3 Å². The quantitative estimate of drug-likeness (QED) is 0.871. The number of aryl methyl sites for hydroxylation is 1. The van der Waals surface area contributed by atoms with Crippen LogP contribution in [0.4, 0.5) is 13.6 Å². The monoisotopic (exact) mass is 348 g/mol. The van der Waals surface area contributed by atoms with Crippen molar-refractivity contribution in [3.05, 3.63) is 47.8 Å². The maximum absolute atomic E-state index is 13.5. The van der Waals surface area contributed by atoms with Crippen LogP contribution in [-0.4, -0.2) is 28.3 Å². The Morgan fingerprint density at radius 2 is 1.88 bits per heavy atom. The third-order valence-corrected chi connectivity index (χ3v) is 5.01. The first-order valence-corrected chi connectivity index (χ1v) is 8.23. The smallest absolute Gasteiger partial charge is 0.315 e. The van der Waals surface area contributed by atoms with Crippen LogP contribution in [0.15, 0.2) is 36.5 Å². The molecule has 1 aromatic carbocycles. The van der Waals surface area contributed by atoms with Crippen molar-refractivity contribution in [2.45, 2.75) is 33.2 Å². The number of hydrogen-bond acceptors (Lipinski definition) is 2. The highest BCUT2D eigenvalue weighted by molar-refractivity contribution is 5.73. The molecule has 2 aromatic rings. The number of alkyl halides is 2. The first kappa shape index (κ1) is 17.4. The van der Waals surface area contributed by atoms with Crippen molar-refractivity contribution in [3.8, 4) is 5.69 Å². The Hall–Kier alpha value is -2.44. The Balaban J connectivity index is 1.52. The molecule has 1 aromatic heterocycles. The second-order valence-electron chi connectivity index (χ2n) is 6.98. The molecule has 0 saturated heterocycles. The third kappa shape index (κ3) is 3.23. The summed E-state index contributed by atoms with van der Waals surface area (Å²) in [6, 6.07) is 9.20. The number of nitrogens with one attached hydrogen (secondary N) is 2. The molecule has 1 saturated carbocycles. The van der Waals surface area contributed by atoms with Crippen molar-refractivity contribution >= 4 is 6.03 Å². The van der Waals surface area contributed by atoms with Crippen molar-refractivity contribution in [1.29, 1.82) is 0 Å². The molecular weight excluding hydrogens is 326 g/mol. The minimum absolute atomic E-state index is 0.0336. The van der Waals surface area contributed by atoms with Crippen LogP contribution in [0.5, 0.6) is 0 Å². The number of carbonyl (C=O) groups excluding carboxylic acids is 1. The van der Waals surface area contributed by atoms with Crippen molar-refractivity contribution in [1.82, 2.24) is 20.4 Å². The highest BCUT2D eigenvalue weighted by Gasteiger charge is 2.74. The maximum Gasteiger partial charge on any atom is 0.315 e. The summed E-state index contributed by atoms with van der Waals surface area (Å²) < 4.78 is 28.8. The number of rotatable bonds is 5. The standard InChI is InChI=1S/C18H22F2N4O/c1-12-13(11-24(23-12)14-7-5-4-6-8-14)9-21-16(25)22-10-15-17(2,3)18(15,19)20/h4-8,11,15H,9-10H2,1-3H3,(H2,21,22,25). The van der Waals surface area contributed by atoms with Crippen molar-refractivity contribution in [2.75, 3.05) is 6.54 Å². The molecule has 1 atom stereocenters. The molecule has 0 aliphatic heterocycles. The van der Waals surface area contributed by atoms with Gasteiger partial charge in [0.05, 0.1) is 17.3 Å². The molecular formula is C18H22F2N4O. The number of amides is 2. The molecule has 5 nitrogen and oxygen atoms in total. The van der Waals surface area contributed by atoms with E-state index in [-0.39, 0.29) is 13.1 Å². The normalized spacial score (nSPS) is 20.1. The number of aromatic nitrogens is 2. The summed E-state index contributed by atoms with van der Waals surface area (Å²) in [6.07, 6.45) is 1.85. The average molecular weight is 348 g/mol. The largest absolute Gasteiger partial charge is 0.338 e. The number of halogens is 2. The minimum atomic E-state index is -2.71. The molecule has 1 unspecified atom stereocenters. The van der Waals surface area contributed by atoms with E-state index in [4.69, 9.17) is 0 Å². The van der Waals surface area contributed by atoms with Gasteiger partial charge in [0.15, 0.2) is 0 Å². The van der Waals surface area contributed by atoms with Crippen LogP contribution in [0.3, 0.4) is 0 Å². The Labute approximate surface area is 145 Å².